The van der Waals surface area contributed by atoms with Crippen molar-refractivity contribution >= 4 is 16.7 Å². The van der Waals surface area contributed by atoms with Crippen LogP contribution in [0.3, 0.4) is 0 Å². The van der Waals surface area contributed by atoms with Gasteiger partial charge >= 0.3 is 0 Å². The Bertz CT molecular complexity index is 519. The Labute approximate surface area is 101 Å². The van der Waals surface area contributed by atoms with Gasteiger partial charge in [-0.1, -0.05) is 0 Å². The number of aliphatic hydroxyl groups is 1. The summed E-state index contributed by atoms with van der Waals surface area (Å²) in [5.74, 6) is 0.996. The van der Waals surface area contributed by atoms with Crippen molar-refractivity contribution in [1.82, 2.24) is 9.55 Å². The standard InChI is InChI=1S/C13H19N3O/c1-9(4-3-7-17)16-10(2)15-12-8-11(14)5-6-13(12)16/h5-6,8-9,17H,3-4,7,14H2,1-2H3. The molecule has 92 valence electrons. The van der Waals surface area contributed by atoms with Crippen molar-refractivity contribution in [3.63, 3.8) is 0 Å². The summed E-state index contributed by atoms with van der Waals surface area (Å²) in [4.78, 5) is 4.52. The number of benzene rings is 1. The van der Waals surface area contributed by atoms with Crippen molar-refractivity contribution < 1.29 is 5.11 Å². The molecule has 4 nitrogen and oxygen atoms in total. The highest BCUT2D eigenvalue weighted by Crippen LogP contribution is 2.24. The van der Waals surface area contributed by atoms with Crippen LogP contribution in [0, 0.1) is 6.92 Å². The number of rotatable bonds is 4. The van der Waals surface area contributed by atoms with Crippen LogP contribution in [-0.4, -0.2) is 21.3 Å². The maximum Gasteiger partial charge on any atom is 0.106 e. The summed E-state index contributed by atoms with van der Waals surface area (Å²) in [6.07, 6.45) is 1.77. The number of imidazole rings is 1. The molecule has 1 atom stereocenters. The van der Waals surface area contributed by atoms with Gasteiger partial charge in [-0.15, -0.1) is 0 Å². The highest BCUT2D eigenvalue weighted by atomic mass is 16.2. The van der Waals surface area contributed by atoms with Gasteiger partial charge in [-0.05, 0) is 44.9 Å². The molecule has 1 aromatic carbocycles. The van der Waals surface area contributed by atoms with E-state index in [9.17, 15) is 0 Å². The van der Waals surface area contributed by atoms with Crippen molar-refractivity contribution in [3.05, 3.63) is 24.0 Å². The minimum Gasteiger partial charge on any atom is -0.399 e. The molecule has 1 unspecified atom stereocenters. The molecule has 0 spiro atoms. The van der Waals surface area contributed by atoms with Gasteiger partial charge < -0.3 is 15.4 Å². The van der Waals surface area contributed by atoms with Crippen LogP contribution in [0.15, 0.2) is 18.2 Å². The van der Waals surface area contributed by atoms with Crippen LogP contribution in [0.1, 0.15) is 31.6 Å². The molecule has 4 heteroatoms. The van der Waals surface area contributed by atoms with Crippen LogP contribution in [0.2, 0.25) is 0 Å². The number of fused-ring (bicyclic) bond motifs is 1. The topological polar surface area (TPSA) is 64.1 Å². The second kappa shape index (κ2) is 4.75. The maximum atomic E-state index is 8.89. The van der Waals surface area contributed by atoms with Crippen molar-refractivity contribution in [2.75, 3.05) is 12.3 Å². The van der Waals surface area contributed by atoms with Gasteiger partial charge in [0.05, 0.1) is 11.0 Å². The minimum absolute atomic E-state index is 0.239. The van der Waals surface area contributed by atoms with E-state index in [0.29, 0.717) is 6.04 Å². The first-order valence-corrected chi connectivity index (χ1v) is 5.98. The van der Waals surface area contributed by atoms with Gasteiger partial charge in [-0.2, -0.15) is 0 Å². The minimum atomic E-state index is 0.239. The molecular weight excluding hydrogens is 214 g/mol. The Morgan fingerprint density at radius 3 is 2.94 bits per heavy atom. The molecule has 0 bridgehead atoms. The van der Waals surface area contributed by atoms with Gasteiger partial charge in [0.2, 0.25) is 0 Å². The van der Waals surface area contributed by atoms with Crippen molar-refractivity contribution in [1.29, 1.82) is 0 Å². The van der Waals surface area contributed by atoms with Crippen LogP contribution < -0.4 is 5.73 Å². The number of nitrogens with two attached hydrogens (primary N) is 1. The molecule has 0 fully saturated rings. The first-order valence-electron chi connectivity index (χ1n) is 5.98. The zero-order valence-corrected chi connectivity index (χ0v) is 10.3. The fourth-order valence-corrected chi connectivity index (χ4v) is 2.31. The van der Waals surface area contributed by atoms with Crippen LogP contribution in [0.25, 0.3) is 11.0 Å². The summed E-state index contributed by atoms with van der Waals surface area (Å²) in [7, 11) is 0. The smallest absolute Gasteiger partial charge is 0.106 e. The normalized spacial score (nSPS) is 13.1. The van der Waals surface area contributed by atoms with E-state index in [1.54, 1.807) is 0 Å². The number of nitrogen functional groups attached to an aromatic ring is 1. The number of nitrogens with zero attached hydrogens (tertiary/aromatic N) is 2. The lowest BCUT2D eigenvalue weighted by Crippen LogP contribution is -2.07. The van der Waals surface area contributed by atoms with Crippen LogP contribution in [0.5, 0.6) is 0 Å². The molecule has 2 aromatic rings. The summed E-state index contributed by atoms with van der Waals surface area (Å²) >= 11 is 0. The lowest BCUT2D eigenvalue weighted by Gasteiger charge is -2.15. The Balaban J connectivity index is 2.42. The van der Waals surface area contributed by atoms with Crippen LogP contribution in [0.4, 0.5) is 5.69 Å². The van der Waals surface area contributed by atoms with E-state index >= 15 is 0 Å². The molecule has 17 heavy (non-hydrogen) atoms. The lowest BCUT2D eigenvalue weighted by atomic mass is 10.1. The molecule has 2 rings (SSSR count). The average Bonchev–Trinajstić information content (AvgIpc) is 2.61. The van der Waals surface area contributed by atoms with Gasteiger partial charge in [0.25, 0.3) is 0 Å². The van der Waals surface area contributed by atoms with Gasteiger partial charge in [-0.25, -0.2) is 4.98 Å². The highest BCUT2D eigenvalue weighted by Gasteiger charge is 2.12. The fourth-order valence-electron chi connectivity index (χ4n) is 2.31. The van der Waals surface area contributed by atoms with E-state index in [-0.39, 0.29) is 6.61 Å². The maximum absolute atomic E-state index is 8.89. The molecule has 1 heterocycles. The third-order valence-corrected chi connectivity index (χ3v) is 3.11. The summed E-state index contributed by atoms with van der Waals surface area (Å²) in [5.41, 5.74) is 8.55. The van der Waals surface area contributed by atoms with E-state index in [4.69, 9.17) is 10.8 Å². The molecule has 0 amide bonds. The lowest BCUT2D eigenvalue weighted by molar-refractivity contribution is 0.274. The number of aromatic nitrogens is 2. The Morgan fingerprint density at radius 1 is 1.47 bits per heavy atom. The van der Waals surface area contributed by atoms with Gasteiger partial charge in [0.15, 0.2) is 0 Å². The third kappa shape index (κ3) is 2.26. The largest absolute Gasteiger partial charge is 0.399 e. The number of aliphatic hydroxyl groups excluding tert-OH is 1. The number of hydrogen-bond donors (Lipinski definition) is 2. The van der Waals surface area contributed by atoms with Gasteiger partial charge in [0, 0.05) is 18.3 Å². The summed E-state index contributed by atoms with van der Waals surface area (Å²) in [5, 5.41) is 8.89. The predicted octanol–water partition coefficient (Wildman–Crippen LogP) is 2.26. The third-order valence-electron chi connectivity index (χ3n) is 3.11. The van der Waals surface area contributed by atoms with Crippen LogP contribution in [-0.2, 0) is 0 Å². The molecule has 0 aliphatic carbocycles. The second-order valence-corrected chi connectivity index (χ2v) is 4.49. The first-order chi connectivity index (χ1) is 8.13. The summed E-state index contributed by atoms with van der Waals surface area (Å²) in [6.45, 7) is 4.40. The SMILES string of the molecule is Cc1nc2cc(N)ccc2n1C(C)CCCO. The number of anilines is 1. The molecule has 0 saturated heterocycles. The molecule has 0 radical (unpaired) electrons. The molecule has 1 aromatic heterocycles. The van der Waals surface area contributed by atoms with E-state index in [1.165, 1.54) is 0 Å². The van der Waals surface area contributed by atoms with E-state index < -0.39 is 0 Å². The number of aryl methyl sites for hydroxylation is 1. The summed E-state index contributed by atoms with van der Waals surface area (Å²) < 4.78 is 2.21. The first kappa shape index (κ1) is 11.9. The van der Waals surface area contributed by atoms with E-state index in [0.717, 1.165) is 35.4 Å². The molecule has 0 aliphatic heterocycles. The van der Waals surface area contributed by atoms with Gasteiger partial charge in [0.1, 0.15) is 5.82 Å². The second-order valence-electron chi connectivity index (χ2n) is 4.49. The zero-order valence-electron chi connectivity index (χ0n) is 10.3. The van der Waals surface area contributed by atoms with Crippen molar-refractivity contribution in [2.45, 2.75) is 32.7 Å². The molecular formula is C13H19N3O. The van der Waals surface area contributed by atoms with E-state index in [2.05, 4.69) is 16.5 Å². The monoisotopic (exact) mass is 233 g/mol. The van der Waals surface area contributed by atoms with Crippen molar-refractivity contribution in [2.24, 2.45) is 0 Å². The Hall–Kier alpha value is -1.55. The Morgan fingerprint density at radius 2 is 2.24 bits per heavy atom. The van der Waals surface area contributed by atoms with Gasteiger partial charge in [-0.3, -0.25) is 0 Å². The fraction of sp³-hybridized carbons (Fsp3) is 0.462. The summed E-state index contributed by atoms with van der Waals surface area (Å²) in [6, 6.07) is 6.16. The molecule has 3 N–H and O–H groups in total. The van der Waals surface area contributed by atoms with Crippen molar-refractivity contribution in [3.8, 4) is 0 Å². The number of hydrogen-bond acceptors (Lipinski definition) is 3. The van der Waals surface area contributed by atoms with Crippen LogP contribution >= 0.6 is 0 Å². The average molecular weight is 233 g/mol. The zero-order chi connectivity index (χ0) is 12.4. The molecule has 0 saturated carbocycles. The Kier molecular flexibility index (Phi) is 3.33. The predicted molar refractivity (Wildman–Crippen MR) is 69.9 cm³/mol. The molecule has 0 aliphatic rings. The van der Waals surface area contributed by atoms with E-state index in [1.807, 2.05) is 25.1 Å². The highest BCUT2D eigenvalue weighted by molar-refractivity contribution is 5.79. The quantitative estimate of drug-likeness (QED) is 0.796.